The molecule has 0 aliphatic heterocycles. The van der Waals surface area contributed by atoms with Gasteiger partial charge >= 0.3 is 0 Å². The molecule has 0 fully saturated rings. The molecule has 0 aliphatic carbocycles. The number of halogens is 2. The molecule has 2 N–H and O–H groups in total. The summed E-state index contributed by atoms with van der Waals surface area (Å²) < 4.78 is 12.9. The lowest BCUT2D eigenvalue weighted by molar-refractivity contribution is -0.114. The number of nitriles is 1. The van der Waals surface area contributed by atoms with Gasteiger partial charge in [-0.25, -0.2) is 0 Å². The van der Waals surface area contributed by atoms with Crippen molar-refractivity contribution in [2.24, 2.45) is 5.73 Å². The third kappa shape index (κ3) is 4.87. The van der Waals surface area contributed by atoms with Gasteiger partial charge in [-0.15, -0.1) is 0 Å². The van der Waals surface area contributed by atoms with E-state index in [4.69, 9.17) is 20.5 Å². The number of amides is 1. The van der Waals surface area contributed by atoms with Crippen molar-refractivity contribution in [2.45, 2.75) is 13.5 Å². The molecule has 134 valence electrons. The Hall–Kier alpha value is -2.30. The van der Waals surface area contributed by atoms with E-state index < -0.39 is 5.91 Å². The number of ether oxygens (including phenoxy) is 2. The summed E-state index contributed by atoms with van der Waals surface area (Å²) in [6, 6.07) is 13.2. The van der Waals surface area contributed by atoms with Crippen molar-refractivity contribution in [2.75, 3.05) is 6.61 Å². The van der Waals surface area contributed by atoms with E-state index >= 15 is 0 Å². The molecule has 0 saturated heterocycles. The van der Waals surface area contributed by atoms with Gasteiger partial charge in [0.15, 0.2) is 11.5 Å². The van der Waals surface area contributed by atoms with Gasteiger partial charge in [-0.1, -0.05) is 30.3 Å². The maximum Gasteiger partial charge on any atom is 0.259 e. The summed E-state index contributed by atoms with van der Waals surface area (Å²) >= 11 is 6.95. The summed E-state index contributed by atoms with van der Waals surface area (Å²) in [5.74, 6) is 0.224. The summed E-state index contributed by atoms with van der Waals surface area (Å²) in [5, 5.41) is 9.05. The third-order valence-electron chi connectivity index (χ3n) is 3.37. The standard InChI is InChI=1S/C19H16Br2N2O3/c1-2-25-15-9-13(8-14(10-22)19(23)24)16(20)17(21)18(15)26-11-12-6-4-3-5-7-12/h3-9H,2,11H2,1H3,(H2,23,24)/b14-8+. The Morgan fingerprint density at radius 3 is 2.50 bits per heavy atom. The second-order valence-corrected chi connectivity index (χ2v) is 6.75. The zero-order chi connectivity index (χ0) is 19.1. The van der Waals surface area contributed by atoms with Crippen molar-refractivity contribution in [1.29, 1.82) is 5.26 Å². The highest BCUT2D eigenvalue weighted by atomic mass is 79.9. The predicted molar refractivity (Wildman–Crippen MR) is 107 cm³/mol. The second-order valence-electron chi connectivity index (χ2n) is 5.16. The molecule has 5 nitrogen and oxygen atoms in total. The van der Waals surface area contributed by atoms with Crippen molar-refractivity contribution < 1.29 is 14.3 Å². The molecule has 0 spiro atoms. The molecular weight excluding hydrogens is 464 g/mol. The predicted octanol–water partition coefficient (Wildman–Crippen LogP) is 4.58. The molecule has 1 amide bonds. The first-order chi connectivity index (χ1) is 12.5. The molecule has 2 aromatic carbocycles. The van der Waals surface area contributed by atoms with Crippen LogP contribution in [0.1, 0.15) is 18.1 Å². The topological polar surface area (TPSA) is 85.3 Å². The van der Waals surface area contributed by atoms with Crippen molar-refractivity contribution in [1.82, 2.24) is 0 Å². The summed E-state index contributed by atoms with van der Waals surface area (Å²) in [7, 11) is 0. The van der Waals surface area contributed by atoms with E-state index in [1.54, 1.807) is 12.1 Å². The van der Waals surface area contributed by atoms with Crippen LogP contribution in [-0.4, -0.2) is 12.5 Å². The van der Waals surface area contributed by atoms with Gasteiger partial charge in [0.25, 0.3) is 5.91 Å². The summed E-state index contributed by atoms with van der Waals surface area (Å²) in [6.45, 7) is 2.66. The number of primary amides is 1. The van der Waals surface area contributed by atoms with E-state index in [-0.39, 0.29) is 5.57 Å². The van der Waals surface area contributed by atoms with E-state index in [9.17, 15) is 4.79 Å². The highest BCUT2D eigenvalue weighted by Gasteiger charge is 2.18. The molecule has 0 atom stereocenters. The minimum absolute atomic E-state index is 0.155. The van der Waals surface area contributed by atoms with Crippen LogP contribution in [0.3, 0.4) is 0 Å². The SMILES string of the molecule is CCOc1cc(/C=C(\C#N)C(N)=O)c(Br)c(Br)c1OCc1ccccc1. The number of carbonyl (C=O) groups is 1. The second kappa shape index (κ2) is 9.41. The Balaban J connectivity index is 2.44. The van der Waals surface area contributed by atoms with Crippen molar-refractivity contribution in [3.63, 3.8) is 0 Å². The number of hydrogen-bond acceptors (Lipinski definition) is 4. The Morgan fingerprint density at radius 2 is 1.92 bits per heavy atom. The number of rotatable bonds is 7. The minimum atomic E-state index is -0.794. The van der Waals surface area contributed by atoms with Gasteiger partial charge in [-0.05, 0) is 62.1 Å². The largest absolute Gasteiger partial charge is 0.490 e. The van der Waals surface area contributed by atoms with Gasteiger partial charge in [0.1, 0.15) is 18.2 Å². The Bertz CT molecular complexity index is 875. The lowest BCUT2D eigenvalue weighted by atomic mass is 10.1. The molecule has 0 aromatic heterocycles. The van der Waals surface area contributed by atoms with E-state index in [0.29, 0.717) is 39.2 Å². The fraction of sp³-hybridized carbons (Fsp3) is 0.158. The van der Waals surface area contributed by atoms with Crippen LogP contribution < -0.4 is 15.2 Å². The first kappa shape index (κ1) is 20.0. The molecule has 0 saturated carbocycles. The molecule has 2 rings (SSSR count). The van der Waals surface area contributed by atoms with Crippen LogP contribution in [0.25, 0.3) is 6.08 Å². The maximum atomic E-state index is 11.3. The average Bonchev–Trinajstić information content (AvgIpc) is 2.63. The van der Waals surface area contributed by atoms with Gasteiger partial charge in [-0.3, -0.25) is 4.79 Å². The van der Waals surface area contributed by atoms with E-state index in [1.165, 1.54) is 6.08 Å². The monoisotopic (exact) mass is 478 g/mol. The van der Waals surface area contributed by atoms with Gasteiger partial charge in [0.2, 0.25) is 0 Å². The van der Waals surface area contributed by atoms with Gasteiger partial charge < -0.3 is 15.2 Å². The zero-order valence-electron chi connectivity index (χ0n) is 14.0. The molecule has 0 unspecified atom stereocenters. The van der Waals surface area contributed by atoms with Gasteiger partial charge in [-0.2, -0.15) is 5.26 Å². The molecule has 0 heterocycles. The Morgan fingerprint density at radius 1 is 1.23 bits per heavy atom. The molecule has 26 heavy (non-hydrogen) atoms. The van der Waals surface area contributed by atoms with E-state index in [2.05, 4.69) is 31.9 Å². The summed E-state index contributed by atoms with van der Waals surface area (Å²) in [5.41, 5.74) is 6.64. The molecule has 0 bridgehead atoms. The highest BCUT2D eigenvalue weighted by molar-refractivity contribution is 9.13. The Labute approximate surface area is 168 Å². The molecule has 2 aromatic rings. The molecule has 0 aliphatic rings. The fourth-order valence-electron chi connectivity index (χ4n) is 2.15. The van der Waals surface area contributed by atoms with E-state index in [0.717, 1.165) is 5.56 Å². The van der Waals surface area contributed by atoms with Crippen LogP contribution in [-0.2, 0) is 11.4 Å². The third-order valence-corrected chi connectivity index (χ3v) is 5.51. The van der Waals surface area contributed by atoms with Crippen molar-refractivity contribution in [3.05, 3.63) is 62.0 Å². The first-order valence-corrected chi connectivity index (χ1v) is 9.29. The summed E-state index contributed by atoms with van der Waals surface area (Å²) in [6.07, 6.45) is 1.40. The number of nitrogens with two attached hydrogens (primary N) is 1. The van der Waals surface area contributed by atoms with Crippen LogP contribution in [0.5, 0.6) is 11.5 Å². The van der Waals surface area contributed by atoms with Crippen molar-refractivity contribution in [3.8, 4) is 17.6 Å². The Kier molecular flexibility index (Phi) is 7.25. The smallest absolute Gasteiger partial charge is 0.259 e. The van der Waals surface area contributed by atoms with Gasteiger partial charge in [0.05, 0.1) is 11.1 Å². The van der Waals surface area contributed by atoms with Gasteiger partial charge in [0, 0.05) is 4.47 Å². The van der Waals surface area contributed by atoms with Crippen LogP contribution in [0, 0.1) is 11.3 Å². The fourth-order valence-corrected chi connectivity index (χ4v) is 3.10. The zero-order valence-corrected chi connectivity index (χ0v) is 17.1. The minimum Gasteiger partial charge on any atom is -0.490 e. The number of carbonyl (C=O) groups excluding carboxylic acids is 1. The molecule has 0 radical (unpaired) electrons. The number of hydrogen-bond donors (Lipinski definition) is 1. The van der Waals surface area contributed by atoms with E-state index in [1.807, 2.05) is 37.3 Å². The lowest BCUT2D eigenvalue weighted by Gasteiger charge is -2.16. The number of nitrogens with zero attached hydrogens (tertiary/aromatic N) is 1. The normalized spacial score (nSPS) is 10.9. The summed E-state index contributed by atoms with van der Waals surface area (Å²) in [4.78, 5) is 11.3. The van der Waals surface area contributed by atoms with Crippen LogP contribution in [0.2, 0.25) is 0 Å². The molecule has 7 heteroatoms. The molecular formula is C19H16Br2N2O3. The first-order valence-electron chi connectivity index (χ1n) is 7.71. The average molecular weight is 480 g/mol. The maximum absolute atomic E-state index is 11.3. The van der Waals surface area contributed by atoms with Crippen molar-refractivity contribution >= 4 is 43.8 Å². The highest BCUT2D eigenvalue weighted by Crippen LogP contribution is 2.43. The van der Waals surface area contributed by atoms with Crippen LogP contribution >= 0.6 is 31.9 Å². The van der Waals surface area contributed by atoms with Crippen LogP contribution in [0.15, 0.2) is 50.9 Å². The number of benzene rings is 2. The quantitative estimate of drug-likeness (QED) is 0.465. The lowest BCUT2D eigenvalue weighted by Crippen LogP contribution is -2.12. The van der Waals surface area contributed by atoms with Crippen LogP contribution in [0.4, 0.5) is 0 Å².